The lowest BCUT2D eigenvalue weighted by Crippen LogP contribution is -1.90. The van der Waals surface area contributed by atoms with Crippen LogP contribution in [-0.2, 0) is 12.8 Å². The lowest BCUT2D eigenvalue weighted by Gasteiger charge is -1.99. The highest BCUT2D eigenvalue weighted by Crippen LogP contribution is 2.31. The smallest absolute Gasteiger partial charge is 0.236 e. The van der Waals surface area contributed by atoms with Crippen molar-refractivity contribution in [1.82, 2.24) is 0 Å². The van der Waals surface area contributed by atoms with Crippen LogP contribution in [0.3, 0.4) is 0 Å². The Balaban J connectivity index is 1.92. The second-order valence-corrected chi connectivity index (χ2v) is 5.28. The third-order valence-corrected chi connectivity index (χ3v) is 3.54. The van der Waals surface area contributed by atoms with E-state index in [1.165, 1.54) is 0 Å². The van der Waals surface area contributed by atoms with Gasteiger partial charge in [-0.2, -0.15) is 10.5 Å². The summed E-state index contributed by atoms with van der Waals surface area (Å²) in [4.78, 5) is 0. The fraction of sp³-hybridized carbons (Fsp3) is 0.125. The molecule has 0 bridgehead atoms. The Kier molecular flexibility index (Phi) is 5.49. The summed E-state index contributed by atoms with van der Waals surface area (Å²) in [5.41, 5.74) is 1.80. The molecule has 1 N–H and O–H groups in total. The van der Waals surface area contributed by atoms with E-state index in [4.69, 9.17) is 24.7 Å². The molecule has 2 rings (SSSR count). The maximum atomic E-state index is 8.61. The van der Waals surface area contributed by atoms with Crippen LogP contribution in [-0.4, -0.2) is 0 Å². The summed E-state index contributed by atoms with van der Waals surface area (Å²) in [6.07, 6.45) is 0.697. The highest BCUT2D eigenvalue weighted by Gasteiger charge is 2.18. The zero-order valence-corrected chi connectivity index (χ0v) is 12.6. The van der Waals surface area contributed by atoms with Crippen molar-refractivity contribution < 1.29 is 9.05 Å². The maximum absolute atomic E-state index is 8.61. The van der Waals surface area contributed by atoms with Crippen LogP contribution in [0, 0.1) is 27.8 Å². The van der Waals surface area contributed by atoms with E-state index < -0.39 is 8.17 Å². The van der Waals surface area contributed by atoms with Gasteiger partial charge in [0.25, 0.3) is 0 Å². The first-order valence-electron chi connectivity index (χ1n) is 6.50. The summed E-state index contributed by atoms with van der Waals surface area (Å²) in [7, 11) is -1.85. The molecule has 0 radical (unpaired) electrons. The molecule has 0 spiro atoms. The fourth-order valence-electron chi connectivity index (χ4n) is 1.73. The van der Waals surface area contributed by atoms with Gasteiger partial charge < -0.3 is 0 Å². The average Bonchev–Trinajstić information content (AvgIpc) is 2.52. The zero-order chi connectivity index (χ0) is 15.8. The van der Waals surface area contributed by atoms with Crippen molar-refractivity contribution in [3.05, 3.63) is 59.7 Å². The number of nitrogens with one attached hydrogen (secondary N) is 1. The number of nitriles is 2. The van der Waals surface area contributed by atoms with Gasteiger partial charge in [-0.25, -0.2) is 9.05 Å². The van der Waals surface area contributed by atoms with Gasteiger partial charge in [0.05, 0.1) is 25.0 Å². The third-order valence-electron chi connectivity index (χ3n) is 2.79. The van der Waals surface area contributed by atoms with Gasteiger partial charge in [-0.15, -0.1) is 0 Å². The average molecular weight is 310 g/mol. The molecular weight excluding hydrogens is 297 g/mol. The zero-order valence-electron chi connectivity index (χ0n) is 11.7. The van der Waals surface area contributed by atoms with Crippen LogP contribution in [0.15, 0.2) is 48.5 Å². The molecular formula is C16H13N3O2P+. The SMILES string of the molecule is N#CCc1ccc(O[P+](=N)Oc2ccc(CC#N)cc2)cc1. The summed E-state index contributed by atoms with van der Waals surface area (Å²) in [5.74, 6) is 1.06. The first-order chi connectivity index (χ1) is 10.7. The van der Waals surface area contributed by atoms with Crippen LogP contribution in [0.5, 0.6) is 11.5 Å². The van der Waals surface area contributed by atoms with Gasteiger partial charge in [0.15, 0.2) is 11.5 Å². The molecule has 5 nitrogen and oxygen atoms in total. The summed E-state index contributed by atoms with van der Waals surface area (Å²) >= 11 is 0. The van der Waals surface area contributed by atoms with E-state index in [2.05, 4.69) is 12.1 Å². The minimum absolute atomic E-state index is 0.349. The van der Waals surface area contributed by atoms with Crippen LogP contribution < -0.4 is 9.05 Å². The molecule has 0 saturated heterocycles. The quantitative estimate of drug-likeness (QED) is 0.803. The fourth-order valence-corrected chi connectivity index (χ4v) is 2.39. The van der Waals surface area contributed by atoms with E-state index in [0.29, 0.717) is 24.3 Å². The molecule has 0 amide bonds. The summed E-state index contributed by atoms with van der Waals surface area (Å²) in [5, 5.41) is 25.0. The molecule has 108 valence electrons. The second kappa shape index (κ2) is 7.78. The van der Waals surface area contributed by atoms with Crippen LogP contribution in [0.2, 0.25) is 0 Å². The van der Waals surface area contributed by atoms with E-state index >= 15 is 0 Å². The molecule has 0 aromatic heterocycles. The largest absolute Gasteiger partial charge is 0.664 e. The first-order valence-corrected chi connectivity index (χ1v) is 7.68. The van der Waals surface area contributed by atoms with Gasteiger partial charge in [0, 0.05) is 0 Å². The third kappa shape index (κ3) is 4.59. The molecule has 0 aliphatic heterocycles. The van der Waals surface area contributed by atoms with Crippen molar-refractivity contribution >= 4 is 8.17 Å². The number of nitrogens with zero attached hydrogens (tertiary/aromatic N) is 2. The lowest BCUT2D eigenvalue weighted by molar-refractivity contribution is 0.499. The molecule has 2 aromatic rings. The number of hydrogen-bond acceptors (Lipinski definition) is 5. The molecule has 22 heavy (non-hydrogen) atoms. The van der Waals surface area contributed by atoms with Crippen molar-refractivity contribution in [2.45, 2.75) is 12.8 Å². The predicted molar refractivity (Wildman–Crippen MR) is 82.4 cm³/mol. The lowest BCUT2D eigenvalue weighted by atomic mass is 10.2. The van der Waals surface area contributed by atoms with Gasteiger partial charge in [0.1, 0.15) is 0 Å². The van der Waals surface area contributed by atoms with E-state index in [1.807, 2.05) is 0 Å². The number of rotatable bonds is 6. The van der Waals surface area contributed by atoms with Crippen molar-refractivity contribution in [1.29, 1.82) is 15.7 Å². The predicted octanol–water partition coefficient (Wildman–Crippen LogP) is 4.35. The molecule has 6 heteroatoms. The van der Waals surface area contributed by atoms with E-state index in [-0.39, 0.29) is 0 Å². The van der Waals surface area contributed by atoms with Crippen LogP contribution in [0.4, 0.5) is 0 Å². The van der Waals surface area contributed by atoms with E-state index in [1.54, 1.807) is 48.5 Å². The van der Waals surface area contributed by atoms with Crippen molar-refractivity contribution in [3.63, 3.8) is 0 Å². The Hall–Kier alpha value is -2.88. The van der Waals surface area contributed by atoms with Crippen LogP contribution >= 0.6 is 8.17 Å². The van der Waals surface area contributed by atoms with Gasteiger partial charge >= 0.3 is 8.17 Å². The standard InChI is InChI=1S/C16H13N3O2P/c17-11-9-13-1-5-15(6-2-13)20-22(19)21-16-7-3-14(4-8-16)10-12-18/h1-8,19H,9-10H2/q+1. The van der Waals surface area contributed by atoms with Crippen molar-refractivity contribution in [2.75, 3.05) is 0 Å². The highest BCUT2D eigenvalue weighted by atomic mass is 31.1. The van der Waals surface area contributed by atoms with Gasteiger partial charge in [0.2, 0.25) is 0 Å². The normalized spacial score (nSPS) is 9.36. The molecule has 0 aliphatic carbocycles. The highest BCUT2D eigenvalue weighted by molar-refractivity contribution is 7.35. The monoisotopic (exact) mass is 310 g/mol. The molecule has 0 aliphatic rings. The molecule has 0 heterocycles. The Bertz CT molecular complexity index is 664. The van der Waals surface area contributed by atoms with E-state index in [0.717, 1.165) is 11.1 Å². The van der Waals surface area contributed by atoms with Gasteiger partial charge in [-0.1, -0.05) is 24.3 Å². The Morgan fingerprint density at radius 1 is 0.773 bits per heavy atom. The van der Waals surface area contributed by atoms with Gasteiger partial charge in [-0.05, 0) is 40.6 Å². The minimum atomic E-state index is -1.85. The molecule has 0 unspecified atom stereocenters. The number of hydrogen-bond donors (Lipinski definition) is 1. The van der Waals surface area contributed by atoms with Gasteiger partial charge in [-0.3, -0.25) is 0 Å². The molecule has 0 fully saturated rings. The van der Waals surface area contributed by atoms with Crippen molar-refractivity contribution in [2.24, 2.45) is 0 Å². The summed E-state index contributed by atoms with van der Waals surface area (Å²) < 4.78 is 10.8. The Labute approximate surface area is 129 Å². The Morgan fingerprint density at radius 2 is 1.14 bits per heavy atom. The van der Waals surface area contributed by atoms with E-state index in [9.17, 15) is 0 Å². The van der Waals surface area contributed by atoms with Crippen LogP contribution in [0.1, 0.15) is 11.1 Å². The Morgan fingerprint density at radius 3 is 1.45 bits per heavy atom. The summed E-state index contributed by atoms with van der Waals surface area (Å²) in [6, 6.07) is 18.2. The van der Waals surface area contributed by atoms with Crippen LogP contribution in [0.25, 0.3) is 0 Å². The molecule has 2 aromatic carbocycles. The maximum Gasteiger partial charge on any atom is 0.664 e. The summed E-state index contributed by atoms with van der Waals surface area (Å²) in [6.45, 7) is 0. The topological polar surface area (TPSA) is 89.9 Å². The van der Waals surface area contributed by atoms with Crippen molar-refractivity contribution in [3.8, 4) is 23.6 Å². The molecule has 0 saturated carbocycles. The first kappa shape index (κ1) is 15.5. The second-order valence-electron chi connectivity index (χ2n) is 4.40. The minimum Gasteiger partial charge on any atom is -0.236 e. The number of benzene rings is 2. The molecule has 0 atom stereocenters.